The Kier molecular flexibility index (Phi) is 7.19. The van der Waals surface area contributed by atoms with Gasteiger partial charge in [0.05, 0.1) is 7.11 Å². The zero-order valence-corrected chi connectivity index (χ0v) is 15.2. The Morgan fingerprint density at radius 3 is 2.76 bits per heavy atom. The van der Waals surface area contributed by atoms with Crippen LogP contribution in [0.1, 0.15) is 35.8 Å². The molecule has 134 valence electrons. The number of ether oxygens (including phenoxy) is 1. The first kappa shape index (κ1) is 18.7. The van der Waals surface area contributed by atoms with Crippen molar-refractivity contribution in [1.82, 2.24) is 15.1 Å². The molecule has 2 rings (SSSR count). The van der Waals surface area contributed by atoms with Crippen molar-refractivity contribution >= 4 is 11.7 Å². The van der Waals surface area contributed by atoms with E-state index < -0.39 is 0 Å². The van der Waals surface area contributed by atoms with Crippen molar-refractivity contribution in [2.24, 2.45) is 0 Å². The molecule has 0 bridgehead atoms. The summed E-state index contributed by atoms with van der Waals surface area (Å²) in [5.41, 5.74) is 1.56. The normalized spacial score (nSPS) is 10.4. The van der Waals surface area contributed by atoms with Gasteiger partial charge in [0.2, 0.25) is 0 Å². The summed E-state index contributed by atoms with van der Waals surface area (Å²) in [5, 5.41) is 11.4. The number of carbonyl (C=O) groups is 1. The number of rotatable bonds is 9. The molecule has 1 heterocycles. The van der Waals surface area contributed by atoms with E-state index in [1.807, 2.05) is 18.2 Å². The fourth-order valence-corrected chi connectivity index (χ4v) is 2.40. The third-order valence-electron chi connectivity index (χ3n) is 3.93. The number of unbranched alkanes of at least 4 members (excludes halogenated alkanes) is 1. The van der Waals surface area contributed by atoms with Crippen LogP contribution in [-0.4, -0.2) is 48.3 Å². The Hall–Kier alpha value is -2.63. The smallest absolute Gasteiger partial charge is 0.274 e. The molecule has 0 fully saturated rings. The Morgan fingerprint density at radius 1 is 1.24 bits per heavy atom. The lowest BCUT2D eigenvalue weighted by atomic mass is 10.1. The third-order valence-corrected chi connectivity index (χ3v) is 3.93. The van der Waals surface area contributed by atoms with Crippen LogP contribution < -0.4 is 10.1 Å². The van der Waals surface area contributed by atoms with Crippen LogP contribution in [0.5, 0.6) is 5.75 Å². The molecule has 6 heteroatoms. The van der Waals surface area contributed by atoms with E-state index in [1.54, 1.807) is 31.2 Å². The molecule has 1 amide bonds. The maximum absolute atomic E-state index is 12.2. The molecule has 0 saturated carbocycles. The highest BCUT2D eigenvalue weighted by Crippen LogP contribution is 2.13. The fraction of sp³-hybridized carbons (Fsp3) is 0.421. The quantitative estimate of drug-likeness (QED) is 0.759. The molecule has 0 radical (unpaired) electrons. The van der Waals surface area contributed by atoms with Crippen LogP contribution in [0.4, 0.5) is 5.82 Å². The molecule has 2 aromatic rings. The first-order chi connectivity index (χ1) is 12.1. The summed E-state index contributed by atoms with van der Waals surface area (Å²) in [4.78, 5) is 13.9. The molecule has 0 aliphatic carbocycles. The van der Waals surface area contributed by atoms with Crippen LogP contribution in [0.3, 0.4) is 0 Å². The molecule has 1 aromatic heterocycles. The van der Waals surface area contributed by atoms with Gasteiger partial charge in [-0.3, -0.25) is 4.79 Å². The highest BCUT2D eigenvalue weighted by Gasteiger charge is 2.13. The summed E-state index contributed by atoms with van der Waals surface area (Å²) in [6, 6.07) is 11.5. The maximum Gasteiger partial charge on any atom is 0.274 e. The van der Waals surface area contributed by atoms with E-state index in [2.05, 4.69) is 28.5 Å². The predicted octanol–water partition coefficient (Wildman–Crippen LogP) is 3.01. The Morgan fingerprint density at radius 2 is 2.08 bits per heavy atom. The van der Waals surface area contributed by atoms with Gasteiger partial charge in [-0.25, -0.2) is 0 Å². The summed E-state index contributed by atoms with van der Waals surface area (Å²) in [7, 11) is 3.45. The fourth-order valence-electron chi connectivity index (χ4n) is 2.40. The number of nitrogens with one attached hydrogen (secondary N) is 1. The molecule has 0 aliphatic rings. The summed E-state index contributed by atoms with van der Waals surface area (Å²) in [5.74, 6) is 1.42. The SMILES string of the molecule is CCCCN(C)C(=O)c1ccc(NCCc2cccc(OC)c2)nn1. The molecule has 0 aliphatic heterocycles. The molecule has 0 unspecified atom stereocenters. The van der Waals surface area contributed by atoms with Crippen LogP contribution in [0.25, 0.3) is 0 Å². The summed E-state index contributed by atoms with van der Waals surface area (Å²) >= 11 is 0. The average molecular weight is 342 g/mol. The average Bonchev–Trinajstić information content (AvgIpc) is 2.66. The summed E-state index contributed by atoms with van der Waals surface area (Å²) in [6.07, 6.45) is 2.89. The van der Waals surface area contributed by atoms with E-state index in [9.17, 15) is 4.79 Å². The van der Waals surface area contributed by atoms with Gasteiger partial charge >= 0.3 is 0 Å². The van der Waals surface area contributed by atoms with Gasteiger partial charge in [0.15, 0.2) is 5.69 Å². The number of anilines is 1. The second-order valence-electron chi connectivity index (χ2n) is 5.91. The number of nitrogens with zero attached hydrogens (tertiary/aromatic N) is 3. The first-order valence-electron chi connectivity index (χ1n) is 8.60. The molecule has 0 spiro atoms. The van der Waals surface area contributed by atoms with Crippen LogP contribution in [0.2, 0.25) is 0 Å². The second-order valence-corrected chi connectivity index (χ2v) is 5.91. The second kappa shape index (κ2) is 9.61. The number of hydrogen-bond donors (Lipinski definition) is 1. The number of methoxy groups -OCH3 is 1. The van der Waals surface area contributed by atoms with Gasteiger partial charge in [-0.2, -0.15) is 0 Å². The lowest BCUT2D eigenvalue weighted by Crippen LogP contribution is -2.28. The van der Waals surface area contributed by atoms with Crippen molar-refractivity contribution < 1.29 is 9.53 Å². The predicted molar refractivity (Wildman–Crippen MR) is 99.1 cm³/mol. The van der Waals surface area contributed by atoms with E-state index in [1.165, 1.54) is 5.56 Å². The Labute approximate surface area is 149 Å². The Bertz CT molecular complexity index is 673. The van der Waals surface area contributed by atoms with Crippen molar-refractivity contribution in [3.05, 3.63) is 47.7 Å². The largest absolute Gasteiger partial charge is 0.497 e. The van der Waals surface area contributed by atoms with Gasteiger partial charge in [0.25, 0.3) is 5.91 Å². The highest BCUT2D eigenvalue weighted by molar-refractivity contribution is 5.92. The van der Waals surface area contributed by atoms with E-state index in [0.29, 0.717) is 11.5 Å². The van der Waals surface area contributed by atoms with Gasteiger partial charge in [-0.05, 0) is 42.7 Å². The monoisotopic (exact) mass is 342 g/mol. The molecular formula is C19H26N4O2. The number of hydrogen-bond acceptors (Lipinski definition) is 5. The van der Waals surface area contributed by atoms with Crippen LogP contribution in [-0.2, 0) is 6.42 Å². The Balaban J connectivity index is 1.84. The van der Waals surface area contributed by atoms with Crippen molar-refractivity contribution in [2.75, 3.05) is 32.6 Å². The van der Waals surface area contributed by atoms with Crippen LogP contribution in [0, 0.1) is 0 Å². The molecular weight excluding hydrogens is 316 g/mol. The molecule has 0 atom stereocenters. The van der Waals surface area contributed by atoms with E-state index >= 15 is 0 Å². The number of amides is 1. The van der Waals surface area contributed by atoms with Gasteiger partial charge in [0, 0.05) is 20.1 Å². The van der Waals surface area contributed by atoms with Crippen LogP contribution in [0.15, 0.2) is 36.4 Å². The van der Waals surface area contributed by atoms with Crippen molar-refractivity contribution in [1.29, 1.82) is 0 Å². The maximum atomic E-state index is 12.2. The minimum Gasteiger partial charge on any atom is -0.497 e. The van der Waals surface area contributed by atoms with Gasteiger partial charge < -0.3 is 15.0 Å². The van der Waals surface area contributed by atoms with Crippen molar-refractivity contribution in [3.63, 3.8) is 0 Å². The number of aromatic nitrogens is 2. The first-order valence-corrected chi connectivity index (χ1v) is 8.60. The zero-order chi connectivity index (χ0) is 18.1. The molecule has 6 nitrogen and oxygen atoms in total. The van der Waals surface area contributed by atoms with Gasteiger partial charge in [-0.1, -0.05) is 25.5 Å². The zero-order valence-electron chi connectivity index (χ0n) is 15.2. The summed E-state index contributed by atoms with van der Waals surface area (Å²) in [6.45, 7) is 3.56. The topological polar surface area (TPSA) is 67.4 Å². The minimum atomic E-state index is -0.0936. The lowest BCUT2D eigenvalue weighted by molar-refractivity contribution is 0.0786. The molecule has 25 heavy (non-hydrogen) atoms. The van der Waals surface area contributed by atoms with Crippen molar-refractivity contribution in [3.8, 4) is 5.75 Å². The molecule has 1 aromatic carbocycles. The summed E-state index contributed by atoms with van der Waals surface area (Å²) < 4.78 is 5.22. The van der Waals surface area contributed by atoms with Gasteiger partial charge in [-0.15, -0.1) is 10.2 Å². The number of carbonyl (C=O) groups excluding carboxylic acids is 1. The van der Waals surface area contributed by atoms with Crippen molar-refractivity contribution in [2.45, 2.75) is 26.2 Å². The third kappa shape index (κ3) is 5.74. The van der Waals surface area contributed by atoms with E-state index in [0.717, 1.165) is 38.1 Å². The molecule has 0 saturated heterocycles. The van der Waals surface area contributed by atoms with E-state index in [-0.39, 0.29) is 5.91 Å². The highest BCUT2D eigenvalue weighted by atomic mass is 16.5. The lowest BCUT2D eigenvalue weighted by Gasteiger charge is -2.15. The minimum absolute atomic E-state index is 0.0936. The molecule has 1 N–H and O–H groups in total. The van der Waals surface area contributed by atoms with Crippen LogP contribution >= 0.6 is 0 Å². The van der Waals surface area contributed by atoms with E-state index in [4.69, 9.17) is 4.74 Å². The van der Waals surface area contributed by atoms with Gasteiger partial charge in [0.1, 0.15) is 11.6 Å². The standard InChI is InChI=1S/C19H26N4O2/c1-4-5-13-23(2)19(24)17-9-10-18(22-21-17)20-12-11-15-7-6-8-16(14-15)25-3/h6-10,14H,4-5,11-13H2,1-3H3,(H,20,22). The number of benzene rings is 1.